The summed E-state index contributed by atoms with van der Waals surface area (Å²) in [5, 5.41) is 0.731. The molecule has 3 saturated heterocycles. The molecule has 1 aromatic carbocycles. The van der Waals surface area contributed by atoms with Crippen molar-refractivity contribution in [3.8, 4) is 0 Å². The number of aromatic nitrogens is 2. The zero-order chi connectivity index (χ0) is 30.0. The summed E-state index contributed by atoms with van der Waals surface area (Å²) in [4.78, 5) is 27.4. The second kappa shape index (κ2) is 13.3. The van der Waals surface area contributed by atoms with Gasteiger partial charge in [0.1, 0.15) is 11.5 Å². The smallest absolute Gasteiger partial charge is 0.272 e. The number of carbonyl (C=O) groups excluding carboxylic acids is 1. The largest absolute Gasteiger partial charge is 0.370 e. The van der Waals surface area contributed by atoms with Gasteiger partial charge in [0.2, 0.25) is 10.0 Å². The van der Waals surface area contributed by atoms with E-state index in [1.54, 1.807) is 7.05 Å². The van der Waals surface area contributed by atoms with Gasteiger partial charge in [-0.3, -0.25) is 4.79 Å². The second-order valence-corrected chi connectivity index (χ2v) is 14.7. The third-order valence-corrected chi connectivity index (χ3v) is 11.0. The predicted octanol–water partition coefficient (Wildman–Crippen LogP) is 4.56. The minimum atomic E-state index is -3.17. The van der Waals surface area contributed by atoms with Crippen molar-refractivity contribution in [1.29, 1.82) is 0 Å². The van der Waals surface area contributed by atoms with Crippen LogP contribution in [-0.4, -0.2) is 96.1 Å². The lowest BCUT2D eigenvalue weighted by molar-refractivity contribution is 0.0400. The van der Waals surface area contributed by atoms with E-state index >= 15 is 0 Å². The number of sulfonamides is 1. The van der Waals surface area contributed by atoms with Crippen LogP contribution >= 0.6 is 11.6 Å². The molecule has 2 atom stereocenters. The van der Waals surface area contributed by atoms with Crippen LogP contribution in [0.5, 0.6) is 0 Å². The first kappa shape index (κ1) is 31.3. The second-order valence-electron chi connectivity index (χ2n) is 12.2. The lowest BCUT2D eigenvalue weighted by atomic mass is 9.97. The molecule has 4 heterocycles. The Morgan fingerprint density at radius 2 is 1.67 bits per heavy atom. The first-order chi connectivity index (χ1) is 20.0. The Bertz CT molecular complexity index is 1360. The van der Waals surface area contributed by atoms with E-state index in [0.717, 1.165) is 86.3 Å². The highest BCUT2D eigenvalue weighted by Crippen LogP contribution is 2.35. The summed E-state index contributed by atoms with van der Waals surface area (Å²) in [6, 6.07) is 8.39. The molecule has 3 aliphatic rings. The molecule has 0 aliphatic carbocycles. The highest BCUT2D eigenvalue weighted by Gasteiger charge is 2.33. The van der Waals surface area contributed by atoms with Gasteiger partial charge < -0.3 is 14.5 Å². The molecule has 11 heteroatoms. The van der Waals surface area contributed by atoms with Crippen LogP contribution in [0.3, 0.4) is 0 Å². The van der Waals surface area contributed by atoms with Gasteiger partial charge in [0.25, 0.3) is 5.91 Å². The molecule has 0 saturated carbocycles. The molecule has 3 aliphatic heterocycles. The zero-order valence-electron chi connectivity index (χ0n) is 25.3. The summed E-state index contributed by atoms with van der Waals surface area (Å²) >= 11 is 6.04. The molecule has 0 N–H and O–H groups in total. The van der Waals surface area contributed by atoms with E-state index in [0.29, 0.717) is 30.6 Å². The summed E-state index contributed by atoms with van der Waals surface area (Å²) in [7, 11) is -1.49. The van der Waals surface area contributed by atoms with E-state index < -0.39 is 10.0 Å². The van der Waals surface area contributed by atoms with Gasteiger partial charge in [0.05, 0.1) is 18.5 Å². The maximum absolute atomic E-state index is 13.6. The third-order valence-electron chi connectivity index (χ3n) is 9.42. The number of hydrogen-bond acceptors (Lipinski definition) is 7. The predicted molar refractivity (Wildman–Crippen MR) is 164 cm³/mol. The van der Waals surface area contributed by atoms with Gasteiger partial charge >= 0.3 is 0 Å². The first-order valence-electron chi connectivity index (χ1n) is 15.2. The summed E-state index contributed by atoms with van der Waals surface area (Å²) in [6.45, 7) is 7.01. The van der Waals surface area contributed by atoms with Crippen molar-refractivity contribution in [3.63, 3.8) is 0 Å². The molecular weight excluding hydrogens is 574 g/mol. The van der Waals surface area contributed by atoms with Crippen LogP contribution in [0.15, 0.2) is 24.3 Å². The van der Waals surface area contributed by atoms with Gasteiger partial charge in [-0.1, -0.05) is 23.7 Å². The molecule has 0 spiro atoms. The standard InChI is InChI=1S/C31H44ClN5O4S/c1-21-28(11-9-27-10-12-29(41-27)23-5-7-24(32)8-6-23)33-22(2)34-30(21)31(38)37-19-15-26(16-20-37)36-17-13-25(14-18-36)35(3)42(4,39)40/h5-8,25-27,29H,9-20H2,1-4H3/t27-,29+/m0/s1. The Morgan fingerprint density at radius 3 is 2.31 bits per heavy atom. The molecule has 230 valence electrons. The summed E-state index contributed by atoms with van der Waals surface area (Å²) in [6.07, 6.45) is 8.67. The Morgan fingerprint density at radius 1 is 1.00 bits per heavy atom. The fraction of sp³-hybridized carbons (Fsp3) is 0.645. The fourth-order valence-corrected chi connectivity index (χ4v) is 7.62. The summed E-state index contributed by atoms with van der Waals surface area (Å²) in [5.41, 5.74) is 3.49. The number of hydrogen-bond donors (Lipinski definition) is 0. The van der Waals surface area contributed by atoms with Gasteiger partial charge in [-0.05, 0) is 96.0 Å². The molecule has 2 aromatic rings. The number of benzene rings is 1. The molecule has 1 amide bonds. The Kier molecular flexibility index (Phi) is 9.89. The van der Waals surface area contributed by atoms with Crippen molar-refractivity contribution in [2.75, 3.05) is 39.5 Å². The Labute approximate surface area is 255 Å². The van der Waals surface area contributed by atoms with Gasteiger partial charge in [-0.15, -0.1) is 0 Å². The molecule has 1 aromatic heterocycles. The SMILES string of the molecule is Cc1nc(CC[C@H]2CC[C@H](c3ccc(Cl)cc3)O2)c(C)c(C(=O)N2CCC(N3CCC(N(C)S(C)(=O)=O)CC3)CC2)n1. The van der Waals surface area contributed by atoms with Crippen molar-refractivity contribution in [2.45, 2.75) is 89.5 Å². The number of aryl methyl sites for hydroxylation is 2. The Hall–Kier alpha value is -2.11. The molecular formula is C31H44ClN5O4S. The average Bonchev–Trinajstić information content (AvgIpc) is 3.46. The normalized spacial score (nSPS) is 23.1. The van der Waals surface area contributed by atoms with Crippen LogP contribution < -0.4 is 0 Å². The number of halogens is 1. The van der Waals surface area contributed by atoms with E-state index in [-0.39, 0.29) is 24.2 Å². The summed E-state index contributed by atoms with van der Waals surface area (Å²) < 4.78 is 31.7. The van der Waals surface area contributed by atoms with Crippen molar-refractivity contribution in [1.82, 2.24) is 24.1 Å². The van der Waals surface area contributed by atoms with E-state index in [2.05, 4.69) is 9.88 Å². The highest BCUT2D eigenvalue weighted by molar-refractivity contribution is 7.88. The maximum Gasteiger partial charge on any atom is 0.272 e. The van der Waals surface area contributed by atoms with Gasteiger partial charge in [-0.2, -0.15) is 0 Å². The Balaban J connectivity index is 1.13. The van der Waals surface area contributed by atoms with Crippen LogP contribution in [-0.2, 0) is 21.2 Å². The number of nitrogens with zero attached hydrogens (tertiary/aromatic N) is 5. The van der Waals surface area contributed by atoms with Gasteiger partial charge in [0.15, 0.2) is 0 Å². The molecule has 9 nitrogen and oxygen atoms in total. The monoisotopic (exact) mass is 617 g/mol. The highest BCUT2D eigenvalue weighted by atomic mass is 35.5. The van der Waals surface area contributed by atoms with E-state index in [4.69, 9.17) is 21.3 Å². The average molecular weight is 618 g/mol. The third kappa shape index (κ3) is 7.33. The number of piperidine rings is 2. The minimum Gasteiger partial charge on any atom is -0.370 e. The topological polar surface area (TPSA) is 95.9 Å². The quantitative estimate of drug-likeness (QED) is 0.428. The van der Waals surface area contributed by atoms with E-state index in [1.807, 2.05) is 43.0 Å². The summed E-state index contributed by atoms with van der Waals surface area (Å²) in [5.74, 6) is 0.619. The van der Waals surface area contributed by atoms with Crippen LogP contribution in [0.25, 0.3) is 0 Å². The van der Waals surface area contributed by atoms with E-state index in [1.165, 1.54) is 10.6 Å². The van der Waals surface area contributed by atoms with Crippen molar-refractivity contribution in [3.05, 3.63) is 57.6 Å². The number of likely N-dealkylation sites (tertiary alicyclic amines) is 2. The van der Waals surface area contributed by atoms with Gasteiger partial charge in [-0.25, -0.2) is 22.7 Å². The number of carbonyl (C=O) groups is 1. The van der Waals surface area contributed by atoms with Gasteiger partial charge in [0, 0.05) is 48.5 Å². The molecule has 0 bridgehead atoms. The molecule has 0 radical (unpaired) electrons. The van der Waals surface area contributed by atoms with Crippen molar-refractivity contribution >= 4 is 27.5 Å². The van der Waals surface area contributed by atoms with Crippen LogP contribution in [0.2, 0.25) is 5.02 Å². The fourth-order valence-electron chi connectivity index (χ4n) is 6.75. The van der Waals surface area contributed by atoms with Crippen molar-refractivity contribution < 1.29 is 17.9 Å². The lowest BCUT2D eigenvalue weighted by Crippen LogP contribution is -2.52. The molecule has 5 rings (SSSR count). The first-order valence-corrected chi connectivity index (χ1v) is 17.4. The van der Waals surface area contributed by atoms with Crippen LogP contribution in [0.1, 0.15) is 84.2 Å². The van der Waals surface area contributed by atoms with E-state index in [9.17, 15) is 13.2 Å². The molecule has 0 unspecified atom stereocenters. The number of rotatable bonds is 8. The van der Waals surface area contributed by atoms with Crippen LogP contribution in [0, 0.1) is 13.8 Å². The van der Waals surface area contributed by atoms with Crippen LogP contribution in [0.4, 0.5) is 0 Å². The molecule has 3 fully saturated rings. The maximum atomic E-state index is 13.6. The zero-order valence-corrected chi connectivity index (χ0v) is 26.8. The minimum absolute atomic E-state index is 0.00824. The van der Waals surface area contributed by atoms with Crippen molar-refractivity contribution in [2.24, 2.45) is 0 Å². The lowest BCUT2D eigenvalue weighted by Gasteiger charge is -2.43. The number of amides is 1. The number of ether oxygens (including phenoxy) is 1. The molecule has 42 heavy (non-hydrogen) atoms.